The van der Waals surface area contributed by atoms with Crippen LogP contribution in [0.25, 0.3) is 22.3 Å². The van der Waals surface area contributed by atoms with E-state index in [4.69, 9.17) is 32.7 Å². The summed E-state index contributed by atoms with van der Waals surface area (Å²) in [5.41, 5.74) is 8.02. The average molecular weight is 628 g/mol. The average Bonchev–Trinajstić information content (AvgIpc) is 3.03. The molecule has 2 aliphatic rings. The number of esters is 2. The number of fused-ring (bicyclic) bond motifs is 2. The van der Waals surface area contributed by atoms with Gasteiger partial charge in [-0.1, -0.05) is 83.9 Å². The second kappa shape index (κ2) is 13.0. The highest BCUT2D eigenvalue weighted by molar-refractivity contribution is 6.30. The molecule has 6 nitrogen and oxygen atoms in total. The van der Waals surface area contributed by atoms with E-state index in [1.54, 1.807) is 0 Å². The molecular formula is C36H32Cl2N2O4. The van der Waals surface area contributed by atoms with E-state index in [2.05, 4.69) is 12.1 Å². The number of carbonyl (C=O) groups is 2. The van der Waals surface area contributed by atoms with Gasteiger partial charge in [0.1, 0.15) is 0 Å². The number of likely N-dealkylation sites (N-methyl/N-ethyl adjacent to an activating group) is 2. The number of hydrogen-bond donors (Lipinski definition) is 0. The fourth-order valence-corrected chi connectivity index (χ4v) is 6.26. The quantitative estimate of drug-likeness (QED) is 0.162. The Bertz CT molecular complexity index is 1590. The molecular weight excluding hydrogens is 595 g/mol. The predicted octanol–water partition coefficient (Wildman–Crippen LogP) is 7.64. The molecule has 0 saturated carbocycles. The van der Waals surface area contributed by atoms with E-state index in [0.717, 1.165) is 82.6 Å². The molecule has 0 bridgehead atoms. The monoisotopic (exact) mass is 626 g/mol. The fraction of sp³-hybridized carbons (Fsp3) is 0.222. The summed E-state index contributed by atoms with van der Waals surface area (Å²) in [5, 5.41) is 1.31. The van der Waals surface area contributed by atoms with Crippen LogP contribution in [0.3, 0.4) is 0 Å². The molecule has 2 atom stereocenters. The van der Waals surface area contributed by atoms with Crippen molar-refractivity contribution in [2.45, 2.75) is 25.3 Å². The van der Waals surface area contributed by atoms with Gasteiger partial charge in [0.15, 0.2) is 12.5 Å². The summed E-state index contributed by atoms with van der Waals surface area (Å²) >= 11 is 12.3. The van der Waals surface area contributed by atoms with Crippen molar-refractivity contribution in [1.82, 2.24) is 9.80 Å². The van der Waals surface area contributed by atoms with Gasteiger partial charge in [0.05, 0.1) is 0 Å². The molecule has 4 aromatic rings. The Kier molecular flexibility index (Phi) is 8.87. The van der Waals surface area contributed by atoms with Crippen LogP contribution in [-0.2, 0) is 31.9 Å². The van der Waals surface area contributed by atoms with Crippen LogP contribution in [0.2, 0.25) is 10.0 Å². The summed E-state index contributed by atoms with van der Waals surface area (Å²) in [6, 6.07) is 27.4. The van der Waals surface area contributed by atoms with Crippen LogP contribution in [0, 0.1) is 0 Å². The Hall–Kier alpha value is -3.94. The Balaban J connectivity index is 1.20. The van der Waals surface area contributed by atoms with Crippen LogP contribution in [0.4, 0.5) is 0 Å². The fourth-order valence-electron chi connectivity index (χ4n) is 6.01. The van der Waals surface area contributed by atoms with Gasteiger partial charge in [-0.15, -0.1) is 0 Å². The van der Waals surface area contributed by atoms with Gasteiger partial charge in [0.2, 0.25) is 0 Å². The van der Waals surface area contributed by atoms with Gasteiger partial charge >= 0.3 is 11.9 Å². The molecule has 0 amide bonds. The summed E-state index contributed by atoms with van der Waals surface area (Å²) in [5.74, 6) is -1.26. The SMILES string of the molecule is CN1CCc2cccc(-c3ccc(Cl)cc3)c2C1OC(=O)/C=C\C(=O)OC1c2c(cccc2-c2ccc(Cl)cc2)CCN1C. The molecule has 0 aromatic heterocycles. The van der Waals surface area contributed by atoms with Crippen LogP contribution in [0.15, 0.2) is 97.1 Å². The first kappa shape index (κ1) is 30.1. The molecule has 2 unspecified atom stereocenters. The van der Waals surface area contributed by atoms with Gasteiger partial charge in [-0.25, -0.2) is 9.59 Å². The molecule has 0 aliphatic carbocycles. The van der Waals surface area contributed by atoms with Crippen LogP contribution < -0.4 is 0 Å². The molecule has 2 aliphatic heterocycles. The Morgan fingerprint density at radius 1 is 0.636 bits per heavy atom. The Morgan fingerprint density at radius 2 is 1.02 bits per heavy atom. The Labute approximate surface area is 267 Å². The minimum atomic E-state index is -0.628. The first-order chi connectivity index (χ1) is 21.3. The molecule has 224 valence electrons. The zero-order valence-corrected chi connectivity index (χ0v) is 26.0. The van der Waals surface area contributed by atoms with E-state index >= 15 is 0 Å². The standard InChI is InChI=1S/C36H32Cl2N2O4/c1-39-21-19-25-5-3-7-29(23-9-13-27(37)14-10-23)33(25)35(39)43-31(41)17-18-32(42)44-36-34-26(20-22-40(36)2)6-4-8-30(34)24-11-15-28(38)16-12-24/h3-18,35-36H,19-22H2,1-2H3/b18-17-. The molecule has 2 heterocycles. The number of rotatable bonds is 6. The van der Waals surface area contributed by atoms with Crippen LogP contribution >= 0.6 is 23.2 Å². The van der Waals surface area contributed by atoms with Crippen LogP contribution in [-0.4, -0.2) is 48.9 Å². The third-order valence-electron chi connectivity index (χ3n) is 8.28. The molecule has 0 N–H and O–H groups in total. The summed E-state index contributed by atoms with van der Waals surface area (Å²) in [4.78, 5) is 30.2. The molecule has 4 aromatic carbocycles. The van der Waals surface area contributed by atoms with Gasteiger partial charge in [-0.3, -0.25) is 9.80 Å². The highest BCUT2D eigenvalue weighted by Crippen LogP contribution is 2.39. The first-order valence-corrected chi connectivity index (χ1v) is 15.3. The van der Waals surface area contributed by atoms with Crippen LogP contribution in [0.5, 0.6) is 0 Å². The van der Waals surface area contributed by atoms with E-state index in [-0.39, 0.29) is 0 Å². The lowest BCUT2D eigenvalue weighted by atomic mass is 9.90. The smallest absolute Gasteiger partial charge is 0.332 e. The lowest BCUT2D eigenvalue weighted by Crippen LogP contribution is -2.35. The Morgan fingerprint density at radius 3 is 1.41 bits per heavy atom. The minimum Gasteiger partial charge on any atom is -0.439 e. The highest BCUT2D eigenvalue weighted by Gasteiger charge is 2.32. The molecule has 0 spiro atoms. The molecule has 0 radical (unpaired) electrons. The minimum absolute atomic E-state index is 0.614. The highest BCUT2D eigenvalue weighted by atomic mass is 35.5. The van der Waals surface area contributed by atoms with E-state index in [9.17, 15) is 9.59 Å². The number of hydrogen-bond acceptors (Lipinski definition) is 6. The van der Waals surface area contributed by atoms with Gasteiger partial charge in [0, 0.05) is 46.4 Å². The lowest BCUT2D eigenvalue weighted by molar-refractivity contribution is -0.156. The number of nitrogens with zero attached hydrogens (tertiary/aromatic N) is 2. The van der Waals surface area contributed by atoms with Crippen molar-refractivity contribution in [2.75, 3.05) is 27.2 Å². The number of carbonyl (C=O) groups excluding carboxylic acids is 2. The van der Waals surface area contributed by atoms with Crippen molar-refractivity contribution in [3.8, 4) is 22.3 Å². The van der Waals surface area contributed by atoms with Gasteiger partial charge in [-0.2, -0.15) is 0 Å². The predicted molar refractivity (Wildman–Crippen MR) is 173 cm³/mol. The molecule has 8 heteroatoms. The van der Waals surface area contributed by atoms with Crippen LogP contribution in [0.1, 0.15) is 34.7 Å². The maximum atomic E-state index is 13.1. The van der Waals surface area contributed by atoms with E-state index in [1.165, 1.54) is 0 Å². The second-order valence-corrected chi connectivity index (χ2v) is 12.0. The summed E-state index contributed by atoms with van der Waals surface area (Å²) < 4.78 is 11.9. The maximum Gasteiger partial charge on any atom is 0.332 e. The number of ether oxygens (including phenoxy) is 2. The van der Waals surface area contributed by atoms with E-state index in [1.807, 2.05) is 96.7 Å². The molecule has 0 saturated heterocycles. The summed E-state index contributed by atoms with van der Waals surface area (Å²) in [7, 11) is 3.85. The normalized spacial score (nSPS) is 18.5. The molecule has 44 heavy (non-hydrogen) atoms. The topological polar surface area (TPSA) is 59.1 Å². The number of halogens is 2. The zero-order valence-electron chi connectivity index (χ0n) is 24.5. The van der Waals surface area contributed by atoms with Crippen molar-refractivity contribution < 1.29 is 19.1 Å². The van der Waals surface area contributed by atoms with E-state index in [0.29, 0.717) is 10.0 Å². The lowest BCUT2D eigenvalue weighted by Gasteiger charge is -2.35. The zero-order chi connectivity index (χ0) is 30.8. The van der Waals surface area contributed by atoms with Gasteiger partial charge in [-0.05, 0) is 84.6 Å². The second-order valence-electron chi connectivity index (χ2n) is 11.1. The number of benzene rings is 4. The van der Waals surface area contributed by atoms with Crippen molar-refractivity contribution in [3.63, 3.8) is 0 Å². The molecule has 6 rings (SSSR count). The third-order valence-corrected chi connectivity index (χ3v) is 8.78. The largest absolute Gasteiger partial charge is 0.439 e. The van der Waals surface area contributed by atoms with Gasteiger partial charge in [0.25, 0.3) is 0 Å². The third kappa shape index (κ3) is 6.30. The first-order valence-electron chi connectivity index (χ1n) is 14.5. The van der Waals surface area contributed by atoms with Gasteiger partial charge < -0.3 is 9.47 Å². The summed E-state index contributed by atoms with van der Waals surface area (Å²) in [6.45, 7) is 1.45. The van der Waals surface area contributed by atoms with Crippen molar-refractivity contribution in [2.24, 2.45) is 0 Å². The summed E-state index contributed by atoms with van der Waals surface area (Å²) in [6.07, 6.45) is 2.72. The van der Waals surface area contributed by atoms with Crippen molar-refractivity contribution in [1.29, 1.82) is 0 Å². The van der Waals surface area contributed by atoms with Crippen molar-refractivity contribution in [3.05, 3.63) is 129 Å². The van der Waals surface area contributed by atoms with E-state index < -0.39 is 24.4 Å². The molecule has 0 fully saturated rings. The maximum absolute atomic E-state index is 13.1. The van der Waals surface area contributed by atoms with Crippen molar-refractivity contribution >= 4 is 35.1 Å².